The molecule has 2 aliphatic carbocycles. The van der Waals surface area contributed by atoms with Crippen molar-refractivity contribution >= 4 is 43.4 Å². The molecule has 6 nitrogen and oxygen atoms in total. The second-order valence-corrected chi connectivity index (χ2v) is 11.1. The van der Waals surface area contributed by atoms with Crippen LogP contribution in [0.25, 0.3) is 21.7 Å². The number of rotatable bonds is 4. The zero-order valence-corrected chi connectivity index (χ0v) is 19.8. The number of hydrogen-bond donors (Lipinski definition) is 0. The minimum Gasteiger partial charge on any atom is -0.381 e. The van der Waals surface area contributed by atoms with Crippen molar-refractivity contribution in [2.24, 2.45) is 0 Å². The molecule has 0 bridgehead atoms. The molecule has 0 atom stereocenters. The molecule has 176 valence electrons. The van der Waals surface area contributed by atoms with Crippen LogP contribution in [0.1, 0.15) is 64.4 Å². The topological polar surface area (TPSA) is 90.4 Å². The summed E-state index contributed by atoms with van der Waals surface area (Å²) in [4.78, 5) is 31.5. The molecule has 0 spiro atoms. The highest BCUT2D eigenvalue weighted by molar-refractivity contribution is 7.87. The molecule has 2 aliphatic rings. The summed E-state index contributed by atoms with van der Waals surface area (Å²) in [5.74, 6) is -1.39. The quantitative estimate of drug-likeness (QED) is 0.276. The number of pyridine rings is 1. The van der Waals surface area contributed by atoms with Crippen molar-refractivity contribution in [1.29, 1.82) is 0 Å². The Kier molecular flexibility index (Phi) is 5.18. The van der Waals surface area contributed by atoms with Crippen molar-refractivity contribution in [3.63, 3.8) is 0 Å². The van der Waals surface area contributed by atoms with Crippen molar-refractivity contribution in [3.05, 3.63) is 83.6 Å². The van der Waals surface area contributed by atoms with E-state index >= 15 is 0 Å². The van der Waals surface area contributed by atoms with Gasteiger partial charge in [-0.2, -0.15) is 8.42 Å². The van der Waals surface area contributed by atoms with Crippen LogP contribution in [0.2, 0.25) is 0 Å². The molecule has 1 heterocycles. The number of benzene rings is 3. The Morgan fingerprint density at radius 1 is 0.771 bits per heavy atom. The summed E-state index contributed by atoms with van der Waals surface area (Å²) < 4.78 is 31.3. The van der Waals surface area contributed by atoms with Gasteiger partial charge in [-0.3, -0.25) is 14.6 Å². The van der Waals surface area contributed by atoms with E-state index in [1.807, 2.05) is 24.3 Å². The number of carbonyl (C=O) groups is 2. The van der Waals surface area contributed by atoms with Gasteiger partial charge in [-0.15, -0.1) is 0 Å². The van der Waals surface area contributed by atoms with Crippen LogP contribution in [0.4, 0.5) is 0 Å². The average Bonchev–Trinajstić information content (AvgIpc) is 2.88. The third-order valence-corrected chi connectivity index (χ3v) is 8.84. The molecule has 1 saturated carbocycles. The van der Waals surface area contributed by atoms with Gasteiger partial charge in [0.15, 0.2) is 17.3 Å². The number of fused-ring (bicyclic) bond motifs is 1. The summed E-state index contributed by atoms with van der Waals surface area (Å²) in [5, 5.41) is 1.56. The second-order valence-electron chi connectivity index (χ2n) is 9.27. The summed E-state index contributed by atoms with van der Waals surface area (Å²) in [7, 11) is -3.77. The van der Waals surface area contributed by atoms with E-state index in [1.54, 1.807) is 42.5 Å². The number of nitrogens with zero attached hydrogens (tertiary/aromatic N) is 1. The Hall–Kier alpha value is -3.58. The average molecular weight is 486 g/mol. The Morgan fingerprint density at radius 3 is 2.11 bits per heavy atom. The van der Waals surface area contributed by atoms with E-state index in [1.165, 1.54) is 0 Å². The first kappa shape index (κ1) is 21.9. The third kappa shape index (κ3) is 3.62. The first-order valence-corrected chi connectivity index (χ1v) is 13.3. The molecule has 3 aromatic carbocycles. The highest BCUT2D eigenvalue weighted by atomic mass is 32.2. The lowest BCUT2D eigenvalue weighted by atomic mass is 9.78. The second kappa shape index (κ2) is 8.27. The first-order chi connectivity index (χ1) is 16.9. The van der Waals surface area contributed by atoms with Gasteiger partial charge in [0.2, 0.25) is 0 Å². The highest BCUT2D eigenvalue weighted by Gasteiger charge is 2.38. The van der Waals surface area contributed by atoms with Crippen LogP contribution in [0.5, 0.6) is 5.75 Å². The zero-order chi connectivity index (χ0) is 24.2. The lowest BCUT2D eigenvalue weighted by molar-refractivity contribution is 0.0854. The number of aromatic nitrogens is 1. The summed E-state index contributed by atoms with van der Waals surface area (Å²) in [6.45, 7) is 0. The van der Waals surface area contributed by atoms with Gasteiger partial charge in [0, 0.05) is 21.9 Å². The van der Waals surface area contributed by atoms with E-state index in [2.05, 4.69) is 4.98 Å². The summed E-state index contributed by atoms with van der Waals surface area (Å²) in [6.07, 6.45) is 4.03. The highest BCUT2D eigenvalue weighted by Crippen LogP contribution is 2.37. The SMILES string of the molecule is O=C1c2cccc3cccc(c23)C(=O)C1c1ccc2c(OS(=O)(=O)C3CCCCC3)cccc2n1. The van der Waals surface area contributed by atoms with Crippen LogP contribution in [-0.2, 0) is 10.1 Å². The number of carbonyl (C=O) groups excluding carboxylic acids is 2. The van der Waals surface area contributed by atoms with E-state index in [-0.39, 0.29) is 17.3 Å². The summed E-state index contributed by atoms with van der Waals surface area (Å²) in [6, 6.07) is 19.2. The summed E-state index contributed by atoms with van der Waals surface area (Å²) in [5.41, 5.74) is 1.84. The van der Waals surface area contributed by atoms with E-state index in [0.717, 1.165) is 24.6 Å². The van der Waals surface area contributed by atoms with E-state index in [9.17, 15) is 18.0 Å². The minimum atomic E-state index is -3.77. The van der Waals surface area contributed by atoms with Crippen molar-refractivity contribution < 1.29 is 22.2 Å². The maximum absolute atomic E-state index is 13.4. The van der Waals surface area contributed by atoms with E-state index in [0.29, 0.717) is 46.0 Å². The van der Waals surface area contributed by atoms with Gasteiger partial charge < -0.3 is 4.18 Å². The number of hydrogen-bond acceptors (Lipinski definition) is 6. The van der Waals surface area contributed by atoms with Crippen LogP contribution in [0, 0.1) is 0 Å². The predicted octanol–water partition coefficient (Wildman–Crippen LogP) is 5.59. The maximum Gasteiger partial charge on any atom is 0.312 e. The van der Waals surface area contributed by atoms with Crippen LogP contribution < -0.4 is 4.18 Å². The molecule has 35 heavy (non-hydrogen) atoms. The van der Waals surface area contributed by atoms with Gasteiger partial charge in [0.05, 0.1) is 16.5 Å². The third-order valence-electron chi connectivity index (χ3n) is 7.14. The Balaban J connectivity index is 1.39. The van der Waals surface area contributed by atoms with Gasteiger partial charge >= 0.3 is 10.1 Å². The predicted molar refractivity (Wildman–Crippen MR) is 134 cm³/mol. The fourth-order valence-corrected chi connectivity index (χ4v) is 6.82. The van der Waals surface area contributed by atoms with Crippen molar-refractivity contribution in [1.82, 2.24) is 4.98 Å². The van der Waals surface area contributed by atoms with Crippen LogP contribution in [0.15, 0.2) is 66.7 Å². The molecule has 0 saturated heterocycles. The Bertz CT molecular complexity index is 1570. The van der Waals surface area contributed by atoms with Gasteiger partial charge in [-0.25, -0.2) is 0 Å². The van der Waals surface area contributed by atoms with E-state index < -0.39 is 21.3 Å². The molecular formula is C28H23NO5S. The Morgan fingerprint density at radius 2 is 1.43 bits per heavy atom. The molecule has 0 N–H and O–H groups in total. The number of Topliss-reactive ketones (excluding diaryl/α,β-unsaturated/α-hetero) is 2. The lowest BCUT2D eigenvalue weighted by Gasteiger charge is -2.23. The maximum atomic E-state index is 13.4. The lowest BCUT2D eigenvalue weighted by Crippen LogP contribution is -2.28. The zero-order valence-electron chi connectivity index (χ0n) is 18.9. The van der Waals surface area contributed by atoms with Crippen LogP contribution in [-0.4, -0.2) is 30.2 Å². The molecule has 1 fully saturated rings. The molecular weight excluding hydrogens is 462 g/mol. The van der Waals surface area contributed by atoms with E-state index in [4.69, 9.17) is 4.18 Å². The molecule has 4 aromatic rings. The summed E-state index contributed by atoms with van der Waals surface area (Å²) >= 11 is 0. The smallest absolute Gasteiger partial charge is 0.312 e. The molecule has 6 rings (SSSR count). The molecule has 0 unspecified atom stereocenters. The van der Waals surface area contributed by atoms with Crippen molar-refractivity contribution in [2.45, 2.75) is 43.3 Å². The van der Waals surface area contributed by atoms with Crippen LogP contribution in [0.3, 0.4) is 0 Å². The molecule has 1 aromatic heterocycles. The van der Waals surface area contributed by atoms with Gasteiger partial charge in [0.25, 0.3) is 0 Å². The molecule has 0 amide bonds. The van der Waals surface area contributed by atoms with Gasteiger partial charge in [0.1, 0.15) is 5.92 Å². The van der Waals surface area contributed by atoms with Gasteiger partial charge in [-0.1, -0.05) is 61.7 Å². The molecule has 0 aliphatic heterocycles. The molecule has 7 heteroatoms. The largest absolute Gasteiger partial charge is 0.381 e. The standard InChI is InChI=1S/C28H23NO5S/c30-27-20-11-4-7-17-8-5-12-21(25(17)20)28(31)26(27)23-16-15-19-22(29-23)13-6-14-24(19)34-35(32,33)18-9-2-1-3-10-18/h4-8,11-16,18,26H,1-3,9-10H2. The van der Waals surface area contributed by atoms with Crippen LogP contribution >= 0.6 is 0 Å². The fourth-order valence-electron chi connectivity index (χ4n) is 5.37. The monoisotopic (exact) mass is 485 g/mol. The first-order valence-electron chi connectivity index (χ1n) is 11.9. The Labute approximate surface area is 203 Å². The molecule has 0 radical (unpaired) electrons. The minimum absolute atomic E-state index is 0.212. The fraction of sp³-hybridized carbons (Fsp3) is 0.250. The van der Waals surface area contributed by atoms with Gasteiger partial charge in [-0.05, 0) is 42.5 Å². The van der Waals surface area contributed by atoms with Crippen molar-refractivity contribution in [3.8, 4) is 5.75 Å². The number of ketones is 2. The van der Waals surface area contributed by atoms with Crippen molar-refractivity contribution in [2.75, 3.05) is 0 Å². The normalized spacial score (nSPS) is 17.3.